The lowest BCUT2D eigenvalue weighted by Crippen LogP contribution is -2.28. The second kappa shape index (κ2) is 5.78. The molecule has 0 aliphatic rings. The summed E-state index contributed by atoms with van der Waals surface area (Å²) in [5.74, 6) is 0. The first kappa shape index (κ1) is 11.2. The normalized spacial score (nSPS) is 11.1. The van der Waals surface area contributed by atoms with Crippen LogP contribution in [0.25, 0.3) is 0 Å². The zero-order valence-corrected chi connectivity index (χ0v) is 9.32. The molecule has 4 nitrogen and oxygen atoms in total. The zero-order valence-electron chi connectivity index (χ0n) is 9.32. The van der Waals surface area contributed by atoms with Gasteiger partial charge in [-0.25, -0.2) is 0 Å². The Balaban J connectivity index is 2.04. The second-order valence-corrected chi connectivity index (χ2v) is 3.83. The van der Waals surface area contributed by atoms with Crippen molar-refractivity contribution in [2.45, 2.75) is 13.5 Å². The van der Waals surface area contributed by atoms with Crippen molar-refractivity contribution in [3.05, 3.63) is 18.0 Å². The van der Waals surface area contributed by atoms with Gasteiger partial charge in [0.05, 0.1) is 12.7 Å². The number of nitrogens with one attached hydrogen (secondary N) is 1. The molecule has 0 saturated carbocycles. The van der Waals surface area contributed by atoms with Crippen LogP contribution < -0.4 is 5.32 Å². The molecule has 0 aliphatic heterocycles. The zero-order chi connectivity index (χ0) is 10.4. The van der Waals surface area contributed by atoms with Crippen LogP contribution in [-0.2, 0) is 6.54 Å². The first-order chi connectivity index (χ1) is 6.68. The molecule has 0 radical (unpaired) electrons. The number of hydrogen-bond donors (Lipinski definition) is 1. The third kappa shape index (κ3) is 4.39. The molecule has 1 heterocycles. The molecule has 1 aromatic heterocycles. The quantitative estimate of drug-likeness (QED) is 0.666. The largest absolute Gasteiger partial charge is 0.314 e. The number of nitrogens with zero attached hydrogens (tertiary/aromatic N) is 3. The van der Waals surface area contributed by atoms with E-state index in [1.807, 2.05) is 10.9 Å². The number of likely N-dealkylation sites (N-methyl/N-ethyl adjacent to an activating group) is 1. The highest BCUT2D eigenvalue weighted by atomic mass is 15.3. The molecule has 0 atom stereocenters. The Morgan fingerprint density at radius 3 is 2.79 bits per heavy atom. The van der Waals surface area contributed by atoms with E-state index in [4.69, 9.17) is 0 Å². The molecule has 0 fully saturated rings. The first-order valence-electron chi connectivity index (χ1n) is 5.03. The van der Waals surface area contributed by atoms with Crippen molar-refractivity contribution in [1.82, 2.24) is 20.0 Å². The summed E-state index contributed by atoms with van der Waals surface area (Å²) in [6, 6.07) is 0. The van der Waals surface area contributed by atoms with E-state index in [0.29, 0.717) is 0 Å². The summed E-state index contributed by atoms with van der Waals surface area (Å²) in [5.41, 5.74) is 1.22. The van der Waals surface area contributed by atoms with Crippen LogP contribution in [0, 0.1) is 6.92 Å². The molecule has 14 heavy (non-hydrogen) atoms. The number of aromatic nitrogens is 2. The minimum Gasteiger partial charge on any atom is -0.314 e. The van der Waals surface area contributed by atoms with E-state index >= 15 is 0 Å². The van der Waals surface area contributed by atoms with Crippen molar-refractivity contribution in [3.63, 3.8) is 0 Å². The number of aryl methyl sites for hydroxylation is 1. The van der Waals surface area contributed by atoms with Crippen LogP contribution in [0.3, 0.4) is 0 Å². The van der Waals surface area contributed by atoms with Crippen molar-refractivity contribution < 1.29 is 0 Å². The van der Waals surface area contributed by atoms with Crippen molar-refractivity contribution >= 4 is 0 Å². The average molecular weight is 196 g/mol. The molecule has 1 N–H and O–H groups in total. The fourth-order valence-corrected chi connectivity index (χ4v) is 1.21. The second-order valence-electron chi connectivity index (χ2n) is 3.83. The van der Waals surface area contributed by atoms with Crippen LogP contribution in [0.1, 0.15) is 5.56 Å². The molecular formula is C10H20N4. The maximum atomic E-state index is 4.21. The van der Waals surface area contributed by atoms with E-state index in [-0.39, 0.29) is 0 Å². The summed E-state index contributed by atoms with van der Waals surface area (Å²) in [7, 11) is 4.16. The minimum absolute atomic E-state index is 0.946. The van der Waals surface area contributed by atoms with Gasteiger partial charge in [-0.2, -0.15) is 5.10 Å². The molecule has 0 unspecified atom stereocenters. The molecule has 1 aromatic rings. The van der Waals surface area contributed by atoms with E-state index in [0.717, 1.165) is 26.2 Å². The van der Waals surface area contributed by atoms with Gasteiger partial charge in [0, 0.05) is 25.8 Å². The summed E-state index contributed by atoms with van der Waals surface area (Å²) in [5, 5.41) is 7.59. The average Bonchev–Trinajstić information content (AvgIpc) is 2.50. The van der Waals surface area contributed by atoms with Gasteiger partial charge in [-0.1, -0.05) is 0 Å². The van der Waals surface area contributed by atoms with E-state index in [1.165, 1.54) is 5.56 Å². The Kier molecular flexibility index (Phi) is 4.62. The number of rotatable bonds is 6. The van der Waals surface area contributed by atoms with Crippen LogP contribution in [0.2, 0.25) is 0 Å². The van der Waals surface area contributed by atoms with Crippen LogP contribution >= 0.6 is 0 Å². The molecule has 0 aromatic carbocycles. The van der Waals surface area contributed by atoms with Crippen LogP contribution in [-0.4, -0.2) is 48.4 Å². The maximum absolute atomic E-state index is 4.21. The van der Waals surface area contributed by atoms with Gasteiger partial charge in [0.15, 0.2) is 0 Å². The molecule has 0 saturated heterocycles. The lowest BCUT2D eigenvalue weighted by Gasteiger charge is -2.10. The summed E-state index contributed by atoms with van der Waals surface area (Å²) in [4.78, 5) is 2.17. The smallest absolute Gasteiger partial charge is 0.0534 e. The van der Waals surface area contributed by atoms with Gasteiger partial charge >= 0.3 is 0 Å². The Morgan fingerprint density at radius 1 is 1.43 bits per heavy atom. The number of hydrogen-bond acceptors (Lipinski definition) is 3. The topological polar surface area (TPSA) is 33.1 Å². The molecule has 0 amide bonds. The third-order valence-corrected chi connectivity index (χ3v) is 2.02. The maximum Gasteiger partial charge on any atom is 0.0534 e. The van der Waals surface area contributed by atoms with E-state index in [9.17, 15) is 0 Å². The predicted molar refractivity (Wildman–Crippen MR) is 58.4 cm³/mol. The van der Waals surface area contributed by atoms with Gasteiger partial charge in [-0.05, 0) is 26.6 Å². The fraction of sp³-hybridized carbons (Fsp3) is 0.700. The van der Waals surface area contributed by atoms with E-state index in [2.05, 4.69) is 42.5 Å². The van der Waals surface area contributed by atoms with Crippen molar-refractivity contribution in [1.29, 1.82) is 0 Å². The van der Waals surface area contributed by atoms with E-state index < -0.39 is 0 Å². The SMILES string of the molecule is Cc1cnn(CCNCCN(C)C)c1. The Labute approximate surface area is 85.9 Å². The Hall–Kier alpha value is -0.870. The first-order valence-corrected chi connectivity index (χ1v) is 5.03. The van der Waals surface area contributed by atoms with Gasteiger partial charge < -0.3 is 10.2 Å². The summed E-state index contributed by atoms with van der Waals surface area (Å²) < 4.78 is 1.97. The fourth-order valence-electron chi connectivity index (χ4n) is 1.21. The minimum atomic E-state index is 0.946. The lowest BCUT2D eigenvalue weighted by molar-refractivity contribution is 0.396. The molecule has 0 bridgehead atoms. The van der Waals surface area contributed by atoms with Gasteiger partial charge in [-0.3, -0.25) is 4.68 Å². The van der Waals surface area contributed by atoms with E-state index in [1.54, 1.807) is 0 Å². The summed E-state index contributed by atoms with van der Waals surface area (Å²) in [6.45, 7) is 6.10. The molecule has 4 heteroatoms. The lowest BCUT2D eigenvalue weighted by atomic mass is 10.4. The van der Waals surface area contributed by atoms with Gasteiger partial charge in [-0.15, -0.1) is 0 Å². The monoisotopic (exact) mass is 196 g/mol. The van der Waals surface area contributed by atoms with Crippen LogP contribution in [0.4, 0.5) is 0 Å². The van der Waals surface area contributed by atoms with Crippen molar-refractivity contribution in [2.24, 2.45) is 0 Å². The molecule has 1 rings (SSSR count). The van der Waals surface area contributed by atoms with Gasteiger partial charge in [0.25, 0.3) is 0 Å². The van der Waals surface area contributed by atoms with Crippen molar-refractivity contribution in [3.8, 4) is 0 Å². The summed E-state index contributed by atoms with van der Waals surface area (Å²) >= 11 is 0. The molecular weight excluding hydrogens is 176 g/mol. The highest BCUT2D eigenvalue weighted by Crippen LogP contribution is 1.92. The van der Waals surface area contributed by atoms with Gasteiger partial charge in [0.2, 0.25) is 0 Å². The van der Waals surface area contributed by atoms with Gasteiger partial charge in [0.1, 0.15) is 0 Å². The van der Waals surface area contributed by atoms with Crippen LogP contribution in [0.15, 0.2) is 12.4 Å². The highest BCUT2D eigenvalue weighted by Gasteiger charge is 1.93. The Bertz CT molecular complexity index is 254. The molecule has 0 aliphatic carbocycles. The molecule has 80 valence electrons. The van der Waals surface area contributed by atoms with Crippen molar-refractivity contribution in [2.75, 3.05) is 33.7 Å². The Morgan fingerprint density at radius 2 is 2.21 bits per heavy atom. The molecule has 0 spiro atoms. The van der Waals surface area contributed by atoms with Crippen LogP contribution in [0.5, 0.6) is 0 Å². The third-order valence-electron chi connectivity index (χ3n) is 2.02. The standard InChI is InChI=1S/C10H20N4/c1-10-8-12-14(9-10)7-5-11-4-6-13(2)3/h8-9,11H,4-7H2,1-3H3. The summed E-state index contributed by atoms with van der Waals surface area (Å²) in [6.07, 6.45) is 3.95. The highest BCUT2D eigenvalue weighted by molar-refractivity contribution is 4.99. The predicted octanol–water partition coefficient (Wildman–Crippen LogP) is 0.343.